The Morgan fingerprint density at radius 1 is 1.18 bits per heavy atom. The third kappa shape index (κ3) is 4.41. The van der Waals surface area contributed by atoms with Crippen molar-refractivity contribution in [2.45, 2.75) is 41.0 Å². The van der Waals surface area contributed by atoms with Crippen LogP contribution in [-0.4, -0.2) is 11.7 Å². The topological polar surface area (TPSA) is 20.2 Å². The molecule has 0 bridgehead atoms. The summed E-state index contributed by atoms with van der Waals surface area (Å²) in [5.74, 6) is 1.13. The highest BCUT2D eigenvalue weighted by atomic mass is 16.3. The van der Waals surface area contributed by atoms with Crippen molar-refractivity contribution in [3.05, 3.63) is 0 Å². The standard InChI is InChI=1S/C10H22O/c1-8(7-11)6-9(2)10(3,4)5/h8-9,11H,6-7H2,1-5H3. The van der Waals surface area contributed by atoms with Crippen molar-refractivity contribution < 1.29 is 5.11 Å². The Bertz CT molecular complexity index is 102. The van der Waals surface area contributed by atoms with Crippen molar-refractivity contribution in [1.82, 2.24) is 0 Å². The van der Waals surface area contributed by atoms with Crippen LogP contribution in [0.1, 0.15) is 41.0 Å². The molecular formula is C10H22O. The third-order valence-electron chi connectivity index (χ3n) is 2.55. The summed E-state index contributed by atoms with van der Waals surface area (Å²) in [5, 5.41) is 8.85. The molecule has 1 nitrogen and oxygen atoms in total. The lowest BCUT2D eigenvalue weighted by molar-refractivity contribution is 0.168. The van der Waals surface area contributed by atoms with Crippen LogP contribution in [-0.2, 0) is 0 Å². The van der Waals surface area contributed by atoms with Gasteiger partial charge in [0.1, 0.15) is 0 Å². The van der Waals surface area contributed by atoms with Crippen molar-refractivity contribution >= 4 is 0 Å². The quantitative estimate of drug-likeness (QED) is 0.669. The molecule has 0 aromatic heterocycles. The van der Waals surface area contributed by atoms with Gasteiger partial charge in [0.05, 0.1) is 0 Å². The maximum atomic E-state index is 8.85. The summed E-state index contributed by atoms with van der Waals surface area (Å²) in [6.07, 6.45) is 1.12. The summed E-state index contributed by atoms with van der Waals surface area (Å²) in [6, 6.07) is 0. The van der Waals surface area contributed by atoms with Gasteiger partial charge in [-0.05, 0) is 23.7 Å². The number of hydrogen-bond acceptors (Lipinski definition) is 1. The Morgan fingerprint density at radius 2 is 1.64 bits per heavy atom. The molecule has 0 rings (SSSR count). The molecule has 0 saturated carbocycles. The molecule has 0 fully saturated rings. The second-order valence-electron chi connectivity index (χ2n) is 4.79. The highest BCUT2D eigenvalue weighted by Gasteiger charge is 2.21. The van der Waals surface area contributed by atoms with Crippen LogP contribution in [0.5, 0.6) is 0 Å². The molecule has 0 aliphatic rings. The van der Waals surface area contributed by atoms with E-state index in [9.17, 15) is 0 Å². The van der Waals surface area contributed by atoms with E-state index in [0.29, 0.717) is 23.9 Å². The van der Waals surface area contributed by atoms with E-state index in [4.69, 9.17) is 5.11 Å². The number of aliphatic hydroxyl groups is 1. The molecule has 0 aliphatic heterocycles. The highest BCUT2D eigenvalue weighted by Crippen LogP contribution is 2.30. The van der Waals surface area contributed by atoms with Gasteiger partial charge in [-0.1, -0.05) is 34.6 Å². The first kappa shape index (κ1) is 11.0. The summed E-state index contributed by atoms with van der Waals surface area (Å²) < 4.78 is 0. The zero-order valence-corrected chi connectivity index (χ0v) is 8.52. The molecular weight excluding hydrogens is 136 g/mol. The highest BCUT2D eigenvalue weighted by molar-refractivity contribution is 4.71. The molecule has 0 aromatic carbocycles. The lowest BCUT2D eigenvalue weighted by Gasteiger charge is -2.29. The van der Waals surface area contributed by atoms with Gasteiger partial charge in [0.25, 0.3) is 0 Å². The first-order chi connectivity index (χ1) is 4.88. The molecule has 1 N–H and O–H groups in total. The van der Waals surface area contributed by atoms with E-state index in [-0.39, 0.29) is 0 Å². The van der Waals surface area contributed by atoms with Crippen LogP contribution in [0.2, 0.25) is 0 Å². The fourth-order valence-electron chi connectivity index (χ4n) is 1.03. The van der Waals surface area contributed by atoms with E-state index in [0.717, 1.165) is 6.42 Å². The Kier molecular flexibility index (Phi) is 4.09. The predicted molar refractivity (Wildman–Crippen MR) is 49.5 cm³/mol. The number of rotatable bonds is 3. The van der Waals surface area contributed by atoms with Gasteiger partial charge in [0.15, 0.2) is 0 Å². The van der Waals surface area contributed by atoms with E-state index in [2.05, 4.69) is 34.6 Å². The molecule has 0 aromatic rings. The molecule has 68 valence electrons. The first-order valence-electron chi connectivity index (χ1n) is 4.48. The monoisotopic (exact) mass is 158 g/mol. The normalized spacial score (nSPS) is 18.0. The maximum absolute atomic E-state index is 8.85. The Hall–Kier alpha value is -0.0400. The summed E-state index contributed by atoms with van der Waals surface area (Å²) in [6.45, 7) is 11.4. The average Bonchev–Trinajstić information content (AvgIpc) is 1.85. The van der Waals surface area contributed by atoms with Crippen molar-refractivity contribution in [3.63, 3.8) is 0 Å². The zero-order chi connectivity index (χ0) is 9.07. The predicted octanol–water partition coefficient (Wildman–Crippen LogP) is 2.69. The molecule has 11 heavy (non-hydrogen) atoms. The smallest absolute Gasteiger partial charge is 0.0456 e. The van der Waals surface area contributed by atoms with Crippen LogP contribution in [0, 0.1) is 17.3 Å². The molecule has 0 radical (unpaired) electrons. The van der Waals surface area contributed by atoms with Crippen LogP contribution >= 0.6 is 0 Å². The van der Waals surface area contributed by atoms with Gasteiger partial charge >= 0.3 is 0 Å². The Balaban J connectivity index is 3.77. The van der Waals surface area contributed by atoms with Gasteiger partial charge in [-0.3, -0.25) is 0 Å². The Labute approximate surface area is 70.8 Å². The molecule has 0 aliphatic carbocycles. The summed E-state index contributed by atoms with van der Waals surface area (Å²) in [5.41, 5.74) is 0.378. The van der Waals surface area contributed by atoms with Crippen molar-refractivity contribution in [2.24, 2.45) is 17.3 Å². The summed E-state index contributed by atoms with van der Waals surface area (Å²) in [4.78, 5) is 0. The minimum atomic E-state index is 0.320. The van der Waals surface area contributed by atoms with Crippen LogP contribution in [0.25, 0.3) is 0 Å². The van der Waals surface area contributed by atoms with Gasteiger partial charge in [-0.15, -0.1) is 0 Å². The molecule has 0 amide bonds. The molecule has 2 atom stereocenters. The van der Waals surface area contributed by atoms with Gasteiger partial charge in [-0.25, -0.2) is 0 Å². The molecule has 0 saturated heterocycles. The van der Waals surface area contributed by atoms with E-state index in [1.807, 2.05) is 0 Å². The fraction of sp³-hybridized carbons (Fsp3) is 1.00. The lowest BCUT2D eigenvalue weighted by atomic mass is 9.77. The lowest BCUT2D eigenvalue weighted by Crippen LogP contribution is -2.20. The van der Waals surface area contributed by atoms with Crippen LogP contribution in [0.3, 0.4) is 0 Å². The van der Waals surface area contributed by atoms with Crippen molar-refractivity contribution in [2.75, 3.05) is 6.61 Å². The number of hydrogen-bond donors (Lipinski definition) is 1. The van der Waals surface area contributed by atoms with E-state index < -0.39 is 0 Å². The van der Waals surface area contributed by atoms with Gasteiger partial charge < -0.3 is 5.11 Å². The summed E-state index contributed by atoms with van der Waals surface area (Å²) in [7, 11) is 0. The first-order valence-corrected chi connectivity index (χ1v) is 4.48. The summed E-state index contributed by atoms with van der Waals surface area (Å²) >= 11 is 0. The number of aliphatic hydroxyl groups excluding tert-OH is 1. The van der Waals surface area contributed by atoms with E-state index in [1.54, 1.807) is 0 Å². The van der Waals surface area contributed by atoms with Gasteiger partial charge in [0.2, 0.25) is 0 Å². The molecule has 2 unspecified atom stereocenters. The van der Waals surface area contributed by atoms with Crippen LogP contribution in [0.4, 0.5) is 0 Å². The SMILES string of the molecule is CC(CO)CC(C)C(C)(C)C. The minimum Gasteiger partial charge on any atom is -0.396 e. The third-order valence-corrected chi connectivity index (χ3v) is 2.55. The second kappa shape index (κ2) is 4.10. The molecule has 0 spiro atoms. The average molecular weight is 158 g/mol. The second-order valence-corrected chi connectivity index (χ2v) is 4.79. The van der Waals surface area contributed by atoms with Crippen LogP contribution < -0.4 is 0 Å². The van der Waals surface area contributed by atoms with E-state index in [1.165, 1.54) is 0 Å². The van der Waals surface area contributed by atoms with Crippen molar-refractivity contribution in [1.29, 1.82) is 0 Å². The fourth-order valence-corrected chi connectivity index (χ4v) is 1.03. The van der Waals surface area contributed by atoms with Gasteiger partial charge in [0, 0.05) is 6.61 Å². The van der Waals surface area contributed by atoms with Crippen molar-refractivity contribution in [3.8, 4) is 0 Å². The zero-order valence-electron chi connectivity index (χ0n) is 8.52. The van der Waals surface area contributed by atoms with Crippen LogP contribution in [0.15, 0.2) is 0 Å². The largest absolute Gasteiger partial charge is 0.396 e. The van der Waals surface area contributed by atoms with Gasteiger partial charge in [-0.2, -0.15) is 0 Å². The minimum absolute atomic E-state index is 0.320. The molecule has 0 heterocycles. The Morgan fingerprint density at radius 3 is 1.91 bits per heavy atom. The van der Waals surface area contributed by atoms with E-state index >= 15 is 0 Å². The molecule has 1 heteroatoms. The maximum Gasteiger partial charge on any atom is 0.0456 e.